The third-order valence-corrected chi connectivity index (χ3v) is 3.08. The predicted octanol–water partition coefficient (Wildman–Crippen LogP) is 1.15. The largest absolute Gasteiger partial charge is 0.396 e. The Morgan fingerprint density at radius 2 is 2.13 bits per heavy atom. The molecule has 4 nitrogen and oxygen atoms in total. The normalized spacial score (nSPS) is 21.5. The van der Waals surface area contributed by atoms with Crippen molar-refractivity contribution in [2.75, 3.05) is 32.8 Å². The standard InChI is InChI=1S/C11H22N2O2/c1-3-12(4-2)11(15)13-7-5-6-10(8-13)9-14/h10,14H,3-9H2,1-2H3. The smallest absolute Gasteiger partial charge is 0.319 e. The molecule has 1 aliphatic rings. The molecule has 1 fully saturated rings. The number of likely N-dealkylation sites (tertiary alicyclic amines) is 1. The van der Waals surface area contributed by atoms with Crippen LogP contribution in [0.5, 0.6) is 0 Å². The minimum Gasteiger partial charge on any atom is -0.396 e. The summed E-state index contributed by atoms with van der Waals surface area (Å²) in [4.78, 5) is 15.7. The van der Waals surface area contributed by atoms with Crippen molar-refractivity contribution in [2.45, 2.75) is 26.7 Å². The molecule has 1 saturated heterocycles. The topological polar surface area (TPSA) is 43.8 Å². The Bertz CT molecular complexity index is 205. The lowest BCUT2D eigenvalue weighted by molar-refractivity contribution is 0.109. The Kier molecular flexibility index (Phi) is 4.88. The lowest BCUT2D eigenvalue weighted by atomic mass is 9.99. The van der Waals surface area contributed by atoms with Gasteiger partial charge in [0.15, 0.2) is 0 Å². The molecule has 0 aromatic heterocycles. The van der Waals surface area contributed by atoms with Gasteiger partial charge in [-0.15, -0.1) is 0 Å². The maximum absolute atomic E-state index is 12.0. The second-order valence-corrected chi connectivity index (χ2v) is 4.09. The number of rotatable bonds is 3. The Hall–Kier alpha value is -0.770. The summed E-state index contributed by atoms with van der Waals surface area (Å²) >= 11 is 0. The highest BCUT2D eigenvalue weighted by Crippen LogP contribution is 2.17. The lowest BCUT2D eigenvalue weighted by Crippen LogP contribution is -2.48. The van der Waals surface area contributed by atoms with E-state index < -0.39 is 0 Å². The van der Waals surface area contributed by atoms with Gasteiger partial charge in [-0.25, -0.2) is 4.79 Å². The fourth-order valence-electron chi connectivity index (χ4n) is 2.08. The lowest BCUT2D eigenvalue weighted by Gasteiger charge is -2.35. The van der Waals surface area contributed by atoms with Crippen LogP contribution in [-0.4, -0.2) is 53.7 Å². The maximum atomic E-state index is 12.0. The average Bonchev–Trinajstić information content (AvgIpc) is 2.30. The number of amides is 2. The van der Waals surface area contributed by atoms with Gasteiger partial charge in [0.2, 0.25) is 0 Å². The van der Waals surface area contributed by atoms with Crippen molar-refractivity contribution in [1.82, 2.24) is 9.80 Å². The highest BCUT2D eigenvalue weighted by Gasteiger charge is 2.25. The molecule has 1 heterocycles. The highest BCUT2D eigenvalue weighted by atomic mass is 16.3. The first-order valence-corrected chi connectivity index (χ1v) is 5.87. The predicted molar refractivity (Wildman–Crippen MR) is 59.7 cm³/mol. The van der Waals surface area contributed by atoms with Gasteiger partial charge in [-0.1, -0.05) is 0 Å². The van der Waals surface area contributed by atoms with Crippen molar-refractivity contribution >= 4 is 6.03 Å². The molecule has 1 atom stereocenters. The molecule has 88 valence electrons. The van der Waals surface area contributed by atoms with Crippen LogP contribution in [0.1, 0.15) is 26.7 Å². The zero-order valence-corrected chi connectivity index (χ0v) is 9.78. The van der Waals surface area contributed by atoms with E-state index in [1.54, 1.807) is 0 Å². The molecule has 0 radical (unpaired) electrons. The molecule has 4 heteroatoms. The van der Waals surface area contributed by atoms with Crippen LogP contribution in [0.2, 0.25) is 0 Å². The van der Waals surface area contributed by atoms with Crippen LogP contribution in [0.4, 0.5) is 4.79 Å². The van der Waals surface area contributed by atoms with Crippen LogP contribution < -0.4 is 0 Å². The van der Waals surface area contributed by atoms with Crippen LogP contribution >= 0.6 is 0 Å². The van der Waals surface area contributed by atoms with Crippen molar-refractivity contribution in [3.8, 4) is 0 Å². The molecule has 1 unspecified atom stereocenters. The monoisotopic (exact) mass is 214 g/mol. The molecule has 1 rings (SSSR count). The average molecular weight is 214 g/mol. The number of nitrogens with zero attached hydrogens (tertiary/aromatic N) is 2. The van der Waals surface area contributed by atoms with Gasteiger partial charge in [0.25, 0.3) is 0 Å². The molecule has 0 bridgehead atoms. The number of hydrogen-bond donors (Lipinski definition) is 1. The molecule has 0 aliphatic carbocycles. The first kappa shape index (κ1) is 12.3. The van der Waals surface area contributed by atoms with Crippen LogP contribution in [0.15, 0.2) is 0 Å². The van der Waals surface area contributed by atoms with Gasteiger partial charge in [0.05, 0.1) is 0 Å². The van der Waals surface area contributed by atoms with E-state index in [1.165, 1.54) is 0 Å². The van der Waals surface area contributed by atoms with E-state index >= 15 is 0 Å². The summed E-state index contributed by atoms with van der Waals surface area (Å²) in [6.45, 7) is 7.26. The molecule has 0 aromatic rings. The second-order valence-electron chi connectivity index (χ2n) is 4.09. The van der Waals surface area contributed by atoms with Crippen LogP contribution in [0, 0.1) is 5.92 Å². The zero-order valence-electron chi connectivity index (χ0n) is 9.78. The van der Waals surface area contributed by atoms with E-state index in [0.717, 1.165) is 32.5 Å². The number of piperidine rings is 1. The van der Waals surface area contributed by atoms with Crippen molar-refractivity contribution in [3.63, 3.8) is 0 Å². The number of aliphatic hydroxyl groups is 1. The van der Waals surface area contributed by atoms with E-state index in [9.17, 15) is 4.79 Å². The zero-order chi connectivity index (χ0) is 11.3. The third kappa shape index (κ3) is 3.09. The van der Waals surface area contributed by atoms with Gasteiger partial charge in [0.1, 0.15) is 0 Å². The van der Waals surface area contributed by atoms with Gasteiger partial charge >= 0.3 is 6.03 Å². The number of carbonyl (C=O) groups is 1. The van der Waals surface area contributed by atoms with E-state index in [4.69, 9.17) is 5.11 Å². The summed E-state index contributed by atoms with van der Waals surface area (Å²) < 4.78 is 0. The van der Waals surface area contributed by atoms with Crippen molar-refractivity contribution in [1.29, 1.82) is 0 Å². The first-order valence-electron chi connectivity index (χ1n) is 5.87. The van der Waals surface area contributed by atoms with Crippen molar-refractivity contribution in [3.05, 3.63) is 0 Å². The van der Waals surface area contributed by atoms with E-state index in [2.05, 4.69) is 0 Å². The minimum absolute atomic E-state index is 0.123. The Balaban J connectivity index is 2.51. The SMILES string of the molecule is CCN(CC)C(=O)N1CCCC(CO)C1. The van der Waals surface area contributed by atoms with E-state index in [-0.39, 0.29) is 18.6 Å². The highest BCUT2D eigenvalue weighted by molar-refractivity contribution is 5.74. The fraction of sp³-hybridized carbons (Fsp3) is 0.909. The molecule has 2 amide bonds. The van der Waals surface area contributed by atoms with Gasteiger partial charge < -0.3 is 14.9 Å². The van der Waals surface area contributed by atoms with Gasteiger partial charge in [-0.3, -0.25) is 0 Å². The molecule has 0 aromatic carbocycles. The molecule has 15 heavy (non-hydrogen) atoms. The maximum Gasteiger partial charge on any atom is 0.319 e. The first-order chi connectivity index (χ1) is 7.22. The van der Waals surface area contributed by atoms with Crippen LogP contribution in [-0.2, 0) is 0 Å². The van der Waals surface area contributed by atoms with Gasteiger partial charge in [0, 0.05) is 32.8 Å². The quantitative estimate of drug-likeness (QED) is 0.766. The van der Waals surface area contributed by atoms with Crippen LogP contribution in [0.25, 0.3) is 0 Å². The molecule has 0 spiro atoms. The Morgan fingerprint density at radius 3 is 2.67 bits per heavy atom. The van der Waals surface area contributed by atoms with Crippen molar-refractivity contribution in [2.24, 2.45) is 5.92 Å². The molecular weight excluding hydrogens is 192 g/mol. The van der Waals surface area contributed by atoms with Crippen LogP contribution in [0.3, 0.4) is 0 Å². The fourth-order valence-corrected chi connectivity index (χ4v) is 2.08. The summed E-state index contributed by atoms with van der Waals surface area (Å²) in [5.41, 5.74) is 0. The molecule has 0 saturated carbocycles. The Morgan fingerprint density at radius 1 is 1.47 bits per heavy atom. The summed E-state index contributed by atoms with van der Waals surface area (Å²) in [7, 11) is 0. The number of hydrogen-bond acceptors (Lipinski definition) is 2. The molecule has 1 aliphatic heterocycles. The van der Waals surface area contributed by atoms with E-state index in [0.29, 0.717) is 6.54 Å². The summed E-state index contributed by atoms with van der Waals surface area (Å²) in [5, 5.41) is 9.09. The number of urea groups is 1. The summed E-state index contributed by atoms with van der Waals surface area (Å²) in [6, 6.07) is 0.123. The summed E-state index contributed by atoms with van der Waals surface area (Å²) in [5.74, 6) is 0.276. The Labute approximate surface area is 91.9 Å². The summed E-state index contributed by atoms with van der Waals surface area (Å²) in [6.07, 6.45) is 2.05. The molecular formula is C11H22N2O2. The number of carbonyl (C=O) groups excluding carboxylic acids is 1. The van der Waals surface area contributed by atoms with E-state index in [1.807, 2.05) is 23.6 Å². The number of aliphatic hydroxyl groups excluding tert-OH is 1. The van der Waals surface area contributed by atoms with Crippen molar-refractivity contribution < 1.29 is 9.90 Å². The third-order valence-electron chi connectivity index (χ3n) is 3.08. The molecule has 1 N–H and O–H groups in total. The van der Waals surface area contributed by atoms with Gasteiger partial charge in [-0.2, -0.15) is 0 Å². The minimum atomic E-state index is 0.123. The van der Waals surface area contributed by atoms with Gasteiger partial charge in [-0.05, 0) is 32.6 Å². The second kappa shape index (κ2) is 5.95.